The number of halogens is 1. The van der Waals surface area contributed by atoms with Crippen molar-refractivity contribution in [3.8, 4) is 0 Å². The summed E-state index contributed by atoms with van der Waals surface area (Å²) in [5.41, 5.74) is 1.41. The lowest BCUT2D eigenvalue weighted by atomic mass is 10.3. The van der Waals surface area contributed by atoms with Gasteiger partial charge in [-0.15, -0.1) is 0 Å². The van der Waals surface area contributed by atoms with Gasteiger partial charge in [-0.2, -0.15) is 4.57 Å². The van der Waals surface area contributed by atoms with E-state index in [4.69, 9.17) is 0 Å². The van der Waals surface area contributed by atoms with Crippen LogP contribution in [0.3, 0.4) is 0 Å². The van der Waals surface area contributed by atoms with Crippen LogP contribution in [0.1, 0.15) is 0 Å². The summed E-state index contributed by atoms with van der Waals surface area (Å²) in [5, 5.41) is 0.784. The Hall–Kier alpha value is 0.190. The first-order valence-corrected chi connectivity index (χ1v) is 7.74. The summed E-state index contributed by atoms with van der Waals surface area (Å²) in [5.74, 6) is 0. The van der Waals surface area contributed by atoms with E-state index < -0.39 is 0 Å². The van der Waals surface area contributed by atoms with Crippen molar-refractivity contribution in [3.05, 3.63) is 24.3 Å². The number of aromatic nitrogens is 1. The molecule has 1 atom stereocenters. The lowest BCUT2D eigenvalue weighted by Gasteiger charge is -1.95. The van der Waals surface area contributed by atoms with Crippen molar-refractivity contribution >= 4 is 55.9 Å². The fraction of sp³-hybridized carbons (Fsp3) is 0.300. The van der Waals surface area contributed by atoms with Crippen LogP contribution in [0.15, 0.2) is 28.6 Å². The van der Waals surface area contributed by atoms with Crippen LogP contribution in [-0.4, -0.2) is 9.68 Å². The van der Waals surface area contributed by atoms with Gasteiger partial charge in [-0.1, -0.05) is 46.1 Å². The zero-order valence-electron chi connectivity index (χ0n) is 7.44. The number of hydrogen-bond donors (Lipinski definition) is 0. The first-order chi connectivity index (χ1) is 6.88. The lowest BCUT2D eigenvalue weighted by Crippen LogP contribution is -2.33. The van der Waals surface area contributed by atoms with Crippen LogP contribution in [0.25, 0.3) is 10.2 Å². The average molecular weight is 334 g/mol. The predicted octanol–water partition coefficient (Wildman–Crippen LogP) is 3.10. The highest BCUT2D eigenvalue weighted by atomic mass is 127. The quantitative estimate of drug-likeness (QED) is 0.440. The topological polar surface area (TPSA) is 3.88 Å². The molecule has 0 saturated carbocycles. The Kier molecular flexibility index (Phi) is 2.45. The highest BCUT2D eigenvalue weighted by Gasteiger charge is 2.33. The van der Waals surface area contributed by atoms with Gasteiger partial charge in [0.1, 0.15) is 4.70 Å². The zero-order chi connectivity index (χ0) is 9.54. The van der Waals surface area contributed by atoms with Crippen molar-refractivity contribution in [2.45, 2.75) is 16.1 Å². The maximum absolute atomic E-state index is 2.48. The summed E-state index contributed by atoms with van der Waals surface area (Å²) in [6.07, 6.45) is 0. The maximum atomic E-state index is 2.48. The Morgan fingerprint density at radius 3 is 3.14 bits per heavy atom. The molecule has 0 radical (unpaired) electrons. The average Bonchev–Trinajstić information content (AvgIpc) is 2.73. The first kappa shape index (κ1) is 9.42. The van der Waals surface area contributed by atoms with Gasteiger partial charge in [-0.3, -0.25) is 0 Å². The lowest BCUT2D eigenvalue weighted by molar-refractivity contribution is -0.694. The molecule has 4 heteroatoms. The Balaban J connectivity index is 2.16. The normalized spacial score (nSPS) is 20.2. The van der Waals surface area contributed by atoms with Crippen LogP contribution in [0.5, 0.6) is 0 Å². The van der Waals surface area contributed by atoms with E-state index >= 15 is 0 Å². The number of thiazole rings is 1. The first-order valence-electron chi connectivity index (χ1n) is 4.52. The molecule has 72 valence electrons. The van der Waals surface area contributed by atoms with Crippen molar-refractivity contribution in [1.29, 1.82) is 0 Å². The Bertz CT molecular complexity index is 480. The molecule has 1 unspecified atom stereocenters. The molecule has 1 nitrogen and oxygen atoms in total. The molecule has 0 aliphatic carbocycles. The second kappa shape index (κ2) is 3.64. The third-order valence-corrected chi connectivity index (χ3v) is 6.63. The Morgan fingerprint density at radius 1 is 1.43 bits per heavy atom. The van der Waals surface area contributed by atoms with Crippen molar-refractivity contribution < 1.29 is 4.57 Å². The largest absolute Gasteiger partial charge is 0.298 e. The summed E-state index contributed by atoms with van der Waals surface area (Å²) in [7, 11) is 0. The predicted molar refractivity (Wildman–Crippen MR) is 70.6 cm³/mol. The van der Waals surface area contributed by atoms with Crippen LogP contribution in [0.2, 0.25) is 0 Å². The van der Waals surface area contributed by atoms with E-state index in [1.165, 1.54) is 25.5 Å². The molecule has 0 amide bonds. The SMILES string of the molecule is ICC1C[n+]2c(sc3ccccc32)S1. The minimum Gasteiger partial charge on any atom is -0.175 e. The Labute approximate surface area is 105 Å². The van der Waals surface area contributed by atoms with Gasteiger partial charge in [0.15, 0.2) is 6.54 Å². The molecular formula is C10H9INS2+. The van der Waals surface area contributed by atoms with Crippen LogP contribution in [0.4, 0.5) is 0 Å². The minimum atomic E-state index is 0.784. The van der Waals surface area contributed by atoms with Gasteiger partial charge < -0.3 is 0 Å². The summed E-state index contributed by atoms with van der Waals surface area (Å²) >= 11 is 6.44. The van der Waals surface area contributed by atoms with Crippen molar-refractivity contribution in [2.24, 2.45) is 0 Å². The summed E-state index contributed by atoms with van der Waals surface area (Å²) in [6.45, 7) is 1.19. The monoisotopic (exact) mass is 334 g/mol. The van der Waals surface area contributed by atoms with E-state index in [1.807, 2.05) is 23.1 Å². The summed E-state index contributed by atoms with van der Waals surface area (Å²) in [6, 6.07) is 8.69. The van der Waals surface area contributed by atoms with Gasteiger partial charge in [-0.05, 0) is 17.8 Å². The smallest absolute Gasteiger partial charge is 0.175 e. The molecule has 0 bridgehead atoms. The van der Waals surface area contributed by atoms with Gasteiger partial charge in [-0.25, -0.2) is 0 Å². The number of para-hydroxylation sites is 1. The molecule has 1 aromatic carbocycles. The van der Waals surface area contributed by atoms with E-state index in [1.54, 1.807) is 0 Å². The molecule has 0 spiro atoms. The summed E-state index contributed by atoms with van der Waals surface area (Å²) < 4.78 is 6.61. The highest BCUT2D eigenvalue weighted by molar-refractivity contribution is 14.1. The van der Waals surface area contributed by atoms with Gasteiger partial charge in [0, 0.05) is 10.5 Å². The molecule has 2 heterocycles. The standard InChI is InChI=1S/C10H9INS2/c11-5-7-6-12-8-3-1-2-4-9(8)14-10(12)13-7/h1-4,7H,5-6H2/q+1. The molecule has 3 rings (SSSR count). The number of thioether (sulfide) groups is 1. The number of alkyl halides is 1. The van der Waals surface area contributed by atoms with Gasteiger partial charge >= 0.3 is 0 Å². The molecular weight excluding hydrogens is 325 g/mol. The van der Waals surface area contributed by atoms with Crippen molar-refractivity contribution in [2.75, 3.05) is 4.43 Å². The third-order valence-electron chi connectivity index (χ3n) is 2.40. The fourth-order valence-corrected chi connectivity index (χ4v) is 5.20. The molecule has 1 aliphatic rings. The van der Waals surface area contributed by atoms with E-state index in [0.29, 0.717) is 0 Å². The number of benzene rings is 1. The number of nitrogens with zero attached hydrogens (tertiary/aromatic N) is 1. The van der Waals surface area contributed by atoms with Crippen molar-refractivity contribution in [3.63, 3.8) is 0 Å². The van der Waals surface area contributed by atoms with Crippen LogP contribution in [-0.2, 0) is 6.54 Å². The van der Waals surface area contributed by atoms with E-state index in [0.717, 1.165) is 5.25 Å². The van der Waals surface area contributed by atoms with Crippen molar-refractivity contribution in [1.82, 2.24) is 0 Å². The van der Waals surface area contributed by atoms with Gasteiger partial charge in [0.25, 0.3) is 4.34 Å². The number of rotatable bonds is 1. The van der Waals surface area contributed by atoms with Gasteiger partial charge in [0.05, 0.1) is 5.25 Å². The van der Waals surface area contributed by atoms with Gasteiger partial charge in [0.2, 0.25) is 5.52 Å². The molecule has 0 N–H and O–H groups in total. The second-order valence-corrected chi connectivity index (χ2v) is 6.80. The van der Waals surface area contributed by atoms with Crippen LogP contribution in [0, 0.1) is 0 Å². The zero-order valence-corrected chi connectivity index (χ0v) is 11.2. The summed E-state index contributed by atoms with van der Waals surface area (Å²) in [4.78, 5) is 0. The van der Waals surface area contributed by atoms with E-state index in [9.17, 15) is 0 Å². The number of fused-ring (bicyclic) bond motifs is 3. The van der Waals surface area contributed by atoms with E-state index in [2.05, 4.69) is 51.4 Å². The highest BCUT2D eigenvalue weighted by Crippen LogP contribution is 2.36. The van der Waals surface area contributed by atoms with E-state index in [-0.39, 0.29) is 0 Å². The molecule has 14 heavy (non-hydrogen) atoms. The van der Waals surface area contributed by atoms with Crippen LogP contribution >= 0.6 is 45.7 Å². The second-order valence-electron chi connectivity index (χ2n) is 3.34. The molecule has 2 aromatic rings. The maximum Gasteiger partial charge on any atom is 0.298 e. The number of hydrogen-bond acceptors (Lipinski definition) is 2. The Morgan fingerprint density at radius 2 is 2.29 bits per heavy atom. The molecule has 0 saturated heterocycles. The minimum absolute atomic E-state index is 0.784. The molecule has 1 aromatic heterocycles. The van der Waals surface area contributed by atoms with Crippen LogP contribution < -0.4 is 4.57 Å². The third kappa shape index (κ3) is 1.39. The molecule has 1 aliphatic heterocycles. The molecule has 0 fully saturated rings. The fourth-order valence-electron chi connectivity index (χ4n) is 1.74.